The maximum atomic E-state index is 12.3. The van der Waals surface area contributed by atoms with Crippen LogP contribution in [0.25, 0.3) is 0 Å². The second kappa shape index (κ2) is 7.04. The van der Waals surface area contributed by atoms with Gasteiger partial charge in [0.15, 0.2) is 9.84 Å². The van der Waals surface area contributed by atoms with Gasteiger partial charge in [0.2, 0.25) is 5.91 Å². The van der Waals surface area contributed by atoms with Crippen molar-refractivity contribution in [1.29, 1.82) is 0 Å². The highest BCUT2D eigenvalue weighted by Gasteiger charge is 2.32. The maximum absolute atomic E-state index is 12.3. The zero-order chi connectivity index (χ0) is 16.3. The highest BCUT2D eigenvalue weighted by Crippen LogP contribution is 2.23. The topological polar surface area (TPSA) is 54.5 Å². The Morgan fingerprint density at radius 2 is 1.95 bits per heavy atom. The summed E-state index contributed by atoms with van der Waals surface area (Å²) in [6, 6.07) is 7.85. The molecule has 1 aliphatic rings. The van der Waals surface area contributed by atoms with Crippen molar-refractivity contribution >= 4 is 27.5 Å². The lowest BCUT2D eigenvalue weighted by Crippen LogP contribution is -2.38. The van der Waals surface area contributed by atoms with Gasteiger partial charge in [-0.15, -0.1) is 11.8 Å². The summed E-state index contributed by atoms with van der Waals surface area (Å²) in [6.45, 7) is 4.29. The van der Waals surface area contributed by atoms with Crippen molar-refractivity contribution in [2.45, 2.75) is 42.9 Å². The number of amides is 1. The van der Waals surface area contributed by atoms with Gasteiger partial charge in [-0.25, -0.2) is 8.42 Å². The van der Waals surface area contributed by atoms with Crippen LogP contribution in [-0.4, -0.2) is 49.1 Å². The third kappa shape index (κ3) is 4.74. The molecular formula is C16H23NO3S2. The van der Waals surface area contributed by atoms with Gasteiger partial charge in [0.05, 0.1) is 17.9 Å². The fourth-order valence-corrected chi connectivity index (χ4v) is 5.15. The normalized spacial score (nSPS) is 20.3. The highest BCUT2D eigenvalue weighted by atomic mass is 32.2. The van der Waals surface area contributed by atoms with Crippen LogP contribution < -0.4 is 0 Å². The van der Waals surface area contributed by atoms with E-state index in [0.717, 1.165) is 5.56 Å². The number of rotatable bonds is 5. The number of thioether (sulfide) groups is 1. The third-order valence-electron chi connectivity index (χ3n) is 3.80. The monoisotopic (exact) mass is 341 g/mol. The van der Waals surface area contributed by atoms with Crippen molar-refractivity contribution in [3.05, 3.63) is 29.8 Å². The Morgan fingerprint density at radius 3 is 2.45 bits per heavy atom. The molecule has 1 aromatic rings. The quantitative estimate of drug-likeness (QED) is 0.772. The molecule has 1 amide bonds. The average Bonchev–Trinajstić information content (AvgIpc) is 2.80. The van der Waals surface area contributed by atoms with Crippen LogP contribution in [0.2, 0.25) is 0 Å². The third-order valence-corrected chi connectivity index (χ3v) is 6.57. The molecule has 1 atom stereocenters. The molecule has 1 aliphatic heterocycles. The van der Waals surface area contributed by atoms with E-state index in [0.29, 0.717) is 18.1 Å². The van der Waals surface area contributed by atoms with Crippen LogP contribution in [-0.2, 0) is 21.1 Å². The van der Waals surface area contributed by atoms with Crippen LogP contribution >= 0.6 is 11.8 Å². The largest absolute Gasteiger partial charge is 0.341 e. The molecule has 22 heavy (non-hydrogen) atoms. The Kier molecular flexibility index (Phi) is 5.55. The minimum absolute atomic E-state index is 0.0219. The van der Waals surface area contributed by atoms with E-state index in [4.69, 9.17) is 0 Å². The molecule has 122 valence electrons. The lowest BCUT2D eigenvalue weighted by molar-refractivity contribution is -0.130. The number of carbonyl (C=O) groups excluding carboxylic acids is 1. The molecule has 2 rings (SSSR count). The summed E-state index contributed by atoms with van der Waals surface area (Å²) in [5.41, 5.74) is 0.964. The molecule has 4 nitrogen and oxygen atoms in total. The fourth-order valence-electron chi connectivity index (χ4n) is 2.54. The lowest BCUT2D eigenvalue weighted by atomic mass is 10.1. The smallest absolute Gasteiger partial charge is 0.227 e. The van der Waals surface area contributed by atoms with Crippen molar-refractivity contribution in [3.8, 4) is 0 Å². The summed E-state index contributed by atoms with van der Waals surface area (Å²) in [7, 11) is -1.26. The van der Waals surface area contributed by atoms with Gasteiger partial charge < -0.3 is 4.90 Å². The Balaban J connectivity index is 1.94. The first kappa shape index (κ1) is 17.3. The van der Waals surface area contributed by atoms with Gasteiger partial charge >= 0.3 is 0 Å². The van der Waals surface area contributed by atoms with Crippen LogP contribution in [0.4, 0.5) is 0 Å². The molecular weight excluding hydrogens is 318 g/mol. The molecule has 0 N–H and O–H groups in total. The van der Waals surface area contributed by atoms with Gasteiger partial charge in [0.25, 0.3) is 0 Å². The van der Waals surface area contributed by atoms with Gasteiger partial charge in [-0.2, -0.15) is 0 Å². The molecule has 6 heteroatoms. The fraction of sp³-hybridized carbons (Fsp3) is 0.562. The first-order valence-corrected chi connectivity index (χ1v) is 10.2. The molecule has 0 aliphatic carbocycles. The van der Waals surface area contributed by atoms with Gasteiger partial charge in [-0.3, -0.25) is 4.79 Å². The van der Waals surface area contributed by atoms with Gasteiger partial charge in [0.1, 0.15) is 0 Å². The zero-order valence-corrected chi connectivity index (χ0v) is 14.9. The van der Waals surface area contributed by atoms with Crippen molar-refractivity contribution in [2.75, 3.05) is 18.6 Å². The number of sulfone groups is 1. The molecule has 0 spiro atoms. The van der Waals surface area contributed by atoms with E-state index in [1.165, 1.54) is 4.90 Å². The van der Waals surface area contributed by atoms with E-state index in [1.54, 1.807) is 23.7 Å². The van der Waals surface area contributed by atoms with Crippen LogP contribution in [0.3, 0.4) is 0 Å². The van der Waals surface area contributed by atoms with Crippen LogP contribution in [0.1, 0.15) is 25.8 Å². The van der Waals surface area contributed by atoms with Crippen LogP contribution in [0.5, 0.6) is 0 Å². The number of nitrogens with zero attached hydrogens (tertiary/aromatic N) is 1. The van der Waals surface area contributed by atoms with E-state index < -0.39 is 9.84 Å². The summed E-state index contributed by atoms with van der Waals surface area (Å²) in [5.74, 6) is 0.265. The second-order valence-corrected chi connectivity index (χ2v) is 9.93. The summed E-state index contributed by atoms with van der Waals surface area (Å²) >= 11 is 1.79. The predicted octanol–water partition coefficient (Wildman–Crippen LogP) is 2.38. The highest BCUT2D eigenvalue weighted by molar-refractivity contribution is 7.99. The molecule has 1 heterocycles. The van der Waals surface area contributed by atoms with Crippen molar-refractivity contribution < 1.29 is 13.2 Å². The minimum atomic E-state index is -2.96. The Bertz CT molecular complexity index is 623. The molecule has 1 aromatic carbocycles. The van der Waals surface area contributed by atoms with Crippen molar-refractivity contribution in [1.82, 2.24) is 4.90 Å². The van der Waals surface area contributed by atoms with E-state index >= 15 is 0 Å². The summed E-state index contributed by atoms with van der Waals surface area (Å²) in [6.07, 6.45) is 0.869. The number of hydrogen-bond donors (Lipinski definition) is 0. The maximum Gasteiger partial charge on any atom is 0.227 e. The Morgan fingerprint density at radius 1 is 1.32 bits per heavy atom. The predicted molar refractivity (Wildman–Crippen MR) is 91.0 cm³/mol. The molecule has 0 radical (unpaired) electrons. The van der Waals surface area contributed by atoms with E-state index in [9.17, 15) is 13.2 Å². The average molecular weight is 341 g/mol. The molecule has 1 unspecified atom stereocenters. The second-order valence-electron chi connectivity index (χ2n) is 6.05. The van der Waals surface area contributed by atoms with E-state index in [-0.39, 0.29) is 23.5 Å². The number of likely N-dealkylation sites (N-methyl/N-ethyl adjacent to an activating group) is 1. The summed E-state index contributed by atoms with van der Waals surface area (Å²) < 4.78 is 23.0. The first-order chi connectivity index (χ1) is 10.3. The first-order valence-electron chi connectivity index (χ1n) is 7.48. The van der Waals surface area contributed by atoms with Gasteiger partial charge in [-0.05, 0) is 24.1 Å². The molecule has 1 fully saturated rings. The molecule has 0 bridgehead atoms. The Labute approximate surface area is 137 Å². The number of hydrogen-bond acceptors (Lipinski definition) is 4. The SMILES string of the molecule is CC(C)Sc1ccc(CC(=O)N(C)C2CCS(=O)(=O)C2)cc1. The molecule has 0 aromatic heterocycles. The van der Waals surface area contributed by atoms with Crippen molar-refractivity contribution in [2.24, 2.45) is 0 Å². The van der Waals surface area contributed by atoms with E-state index in [1.807, 2.05) is 24.3 Å². The van der Waals surface area contributed by atoms with E-state index in [2.05, 4.69) is 13.8 Å². The van der Waals surface area contributed by atoms with Crippen molar-refractivity contribution in [3.63, 3.8) is 0 Å². The molecule has 1 saturated heterocycles. The Hall–Kier alpha value is -1.01. The molecule has 0 saturated carbocycles. The minimum Gasteiger partial charge on any atom is -0.341 e. The van der Waals surface area contributed by atoms with Crippen LogP contribution in [0.15, 0.2) is 29.2 Å². The summed E-state index contributed by atoms with van der Waals surface area (Å²) in [4.78, 5) is 15.1. The number of benzene rings is 1. The van der Waals surface area contributed by atoms with Crippen LogP contribution in [0, 0.1) is 0 Å². The number of carbonyl (C=O) groups is 1. The lowest BCUT2D eigenvalue weighted by Gasteiger charge is -2.23. The summed E-state index contributed by atoms with van der Waals surface area (Å²) in [5, 5.41) is 0.530. The standard InChI is InChI=1S/C16H23NO3S2/c1-12(2)21-15-6-4-13(5-7-15)10-16(18)17(3)14-8-9-22(19,20)11-14/h4-7,12,14H,8-11H2,1-3H3. The van der Waals surface area contributed by atoms with Gasteiger partial charge in [0, 0.05) is 23.2 Å². The van der Waals surface area contributed by atoms with Gasteiger partial charge in [-0.1, -0.05) is 26.0 Å². The zero-order valence-electron chi connectivity index (χ0n) is 13.3.